The number of esters is 2. The molecule has 0 saturated heterocycles. The summed E-state index contributed by atoms with van der Waals surface area (Å²) >= 11 is 0. The summed E-state index contributed by atoms with van der Waals surface area (Å²) in [5, 5.41) is 0. The highest BCUT2D eigenvalue weighted by Crippen LogP contribution is 2.38. The summed E-state index contributed by atoms with van der Waals surface area (Å²) in [6.45, 7) is 4.19. The van der Waals surface area contributed by atoms with E-state index >= 15 is 0 Å². The van der Waals surface area contributed by atoms with Crippen molar-refractivity contribution in [2.45, 2.75) is 213 Å². The highest BCUT2D eigenvalue weighted by atomic mass is 31.2. The molecule has 0 N–H and O–H groups in total. The van der Waals surface area contributed by atoms with Crippen LogP contribution in [0, 0.1) is 0 Å². The quantitative estimate of drug-likeness (QED) is 0.0197. The zero-order valence-corrected chi connectivity index (χ0v) is 38.0. The van der Waals surface area contributed by atoms with Gasteiger partial charge in [-0.3, -0.25) is 14.2 Å². The highest BCUT2D eigenvalue weighted by molar-refractivity contribution is 7.45. The minimum Gasteiger partial charge on any atom is -0.756 e. The van der Waals surface area contributed by atoms with E-state index < -0.39 is 32.5 Å². The number of phosphoric acid groups is 1. The molecule has 0 aromatic carbocycles. The molecule has 0 fully saturated rings. The molecule has 2 atom stereocenters. The largest absolute Gasteiger partial charge is 0.756 e. The third-order valence-electron chi connectivity index (χ3n) is 9.94. The molecule has 0 heterocycles. The Bertz CT molecular complexity index is 1010. The van der Waals surface area contributed by atoms with Crippen molar-refractivity contribution in [1.82, 2.24) is 0 Å². The van der Waals surface area contributed by atoms with Crippen LogP contribution >= 0.6 is 7.82 Å². The van der Waals surface area contributed by atoms with Crippen LogP contribution in [0.5, 0.6) is 0 Å². The van der Waals surface area contributed by atoms with Gasteiger partial charge < -0.3 is 27.9 Å². The summed E-state index contributed by atoms with van der Waals surface area (Å²) in [7, 11) is 1.16. The molecule has 0 rings (SSSR count). The van der Waals surface area contributed by atoms with Gasteiger partial charge in [0.05, 0.1) is 27.7 Å². The maximum absolute atomic E-state index is 12.7. The van der Waals surface area contributed by atoms with Gasteiger partial charge in [0.1, 0.15) is 19.8 Å². The van der Waals surface area contributed by atoms with E-state index in [-0.39, 0.29) is 26.1 Å². The van der Waals surface area contributed by atoms with Gasteiger partial charge in [0.25, 0.3) is 7.82 Å². The Labute approximate surface area is 345 Å². The first-order valence-corrected chi connectivity index (χ1v) is 24.5. The predicted molar refractivity (Wildman–Crippen MR) is 231 cm³/mol. The first-order valence-electron chi connectivity index (χ1n) is 23.0. The summed E-state index contributed by atoms with van der Waals surface area (Å²) in [6, 6.07) is 0. The number of ether oxygens (including phenoxy) is 2. The molecule has 1 unspecified atom stereocenters. The maximum atomic E-state index is 12.7. The van der Waals surface area contributed by atoms with Crippen LogP contribution in [0.15, 0.2) is 24.3 Å². The first-order chi connectivity index (χ1) is 27.0. The van der Waals surface area contributed by atoms with E-state index in [0.717, 1.165) is 64.2 Å². The zero-order chi connectivity index (χ0) is 41.4. The van der Waals surface area contributed by atoms with Crippen LogP contribution in [-0.4, -0.2) is 70.0 Å². The SMILES string of the molecule is CCCC/C=C/CCCCCCCC(=O)OC[C@H](COP(=O)([O-])OCC[N+](C)(C)C)OC(=O)CCCCCCCCCCCCC/C=C/CCCCCCCC. The Hall–Kier alpha value is -1.51. The number of carbonyl (C=O) groups is 2. The number of nitrogens with zero attached hydrogens (tertiary/aromatic N) is 1. The van der Waals surface area contributed by atoms with Crippen LogP contribution in [0.3, 0.4) is 0 Å². The van der Waals surface area contributed by atoms with Crippen molar-refractivity contribution in [2.24, 2.45) is 0 Å². The molecule has 0 saturated carbocycles. The molecule has 0 aliphatic rings. The van der Waals surface area contributed by atoms with Gasteiger partial charge in [0.2, 0.25) is 0 Å². The van der Waals surface area contributed by atoms with Gasteiger partial charge >= 0.3 is 11.9 Å². The number of likely N-dealkylation sites (N-methyl/N-ethyl adjacent to an activating group) is 1. The molecule has 0 aliphatic heterocycles. The molecule has 0 amide bonds. The molecule has 0 aliphatic carbocycles. The van der Waals surface area contributed by atoms with Crippen molar-refractivity contribution >= 4 is 19.8 Å². The number of carbonyl (C=O) groups excluding carboxylic acids is 2. The maximum Gasteiger partial charge on any atom is 0.306 e. The topological polar surface area (TPSA) is 111 Å². The smallest absolute Gasteiger partial charge is 0.306 e. The fourth-order valence-electron chi connectivity index (χ4n) is 6.28. The van der Waals surface area contributed by atoms with Gasteiger partial charge in [-0.25, -0.2) is 0 Å². The average Bonchev–Trinajstić information content (AvgIpc) is 3.15. The average molecular weight is 814 g/mol. The van der Waals surface area contributed by atoms with E-state index in [0.29, 0.717) is 17.4 Å². The van der Waals surface area contributed by atoms with Crippen molar-refractivity contribution in [3.05, 3.63) is 24.3 Å². The van der Waals surface area contributed by atoms with Crippen LogP contribution < -0.4 is 4.89 Å². The molecule has 10 heteroatoms. The Balaban J connectivity index is 4.25. The number of hydrogen-bond acceptors (Lipinski definition) is 8. The molecule has 330 valence electrons. The lowest BCUT2D eigenvalue weighted by molar-refractivity contribution is -0.870. The van der Waals surface area contributed by atoms with Gasteiger partial charge in [-0.05, 0) is 57.8 Å². The number of allylic oxidation sites excluding steroid dienone is 4. The lowest BCUT2D eigenvalue weighted by Crippen LogP contribution is -2.37. The Morgan fingerprint density at radius 2 is 0.929 bits per heavy atom. The summed E-state index contributed by atoms with van der Waals surface area (Å²) < 4.78 is 33.9. The van der Waals surface area contributed by atoms with Crippen molar-refractivity contribution in [3.8, 4) is 0 Å². The van der Waals surface area contributed by atoms with Gasteiger partial charge in [-0.2, -0.15) is 0 Å². The second-order valence-corrected chi connectivity index (χ2v) is 18.2. The Kier molecular flexibility index (Phi) is 37.9. The second-order valence-electron chi connectivity index (χ2n) is 16.8. The molecular formula is C46H88NO8P. The van der Waals surface area contributed by atoms with Crippen LogP contribution in [0.2, 0.25) is 0 Å². The number of quaternary nitrogens is 1. The number of rotatable bonds is 42. The third kappa shape index (κ3) is 42.1. The van der Waals surface area contributed by atoms with Gasteiger partial charge in [0.15, 0.2) is 6.10 Å². The zero-order valence-electron chi connectivity index (χ0n) is 37.1. The van der Waals surface area contributed by atoms with Crippen molar-refractivity contribution in [2.75, 3.05) is 47.5 Å². The number of phosphoric ester groups is 1. The first kappa shape index (κ1) is 54.5. The van der Waals surface area contributed by atoms with Crippen LogP contribution in [-0.2, 0) is 32.7 Å². The molecule has 9 nitrogen and oxygen atoms in total. The predicted octanol–water partition coefficient (Wildman–Crippen LogP) is 12.5. The molecule has 0 bridgehead atoms. The van der Waals surface area contributed by atoms with E-state index in [1.807, 2.05) is 21.1 Å². The van der Waals surface area contributed by atoms with Gasteiger partial charge in [0, 0.05) is 12.8 Å². The minimum atomic E-state index is -4.62. The molecular weight excluding hydrogens is 725 g/mol. The summed E-state index contributed by atoms with van der Waals surface area (Å²) in [6.07, 6.45) is 42.1. The van der Waals surface area contributed by atoms with E-state index in [1.54, 1.807) is 0 Å². The second kappa shape index (κ2) is 39.0. The fraction of sp³-hybridized carbons (Fsp3) is 0.870. The van der Waals surface area contributed by atoms with Crippen molar-refractivity contribution in [1.29, 1.82) is 0 Å². The number of unbranched alkanes of at least 4 members (excludes halogenated alkanes) is 24. The molecule has 0 aromatic heterocycles. The standard InChI is InChI=1S/C46H88NO8P/c1-6-8-10-12-14-16-18-19-20-21-22-23-24-25-26-27-29-31-33-35-37-39-46(49)55-44(43-54-56(50,51)53-41-40-47(3,4)5)42-52-45(48)38-36-34-32-30-28-17-15-13-11-9-7-2/h13,15,19-20,44H,6-12,14,16-18,21-43H2,1-5H3/b15-13+,20-19+/t44-/m1/s1. The number of hydrogen-bond donors (Lipinski definition) is 0. The van der Waals surface area contributed by atoms with E-state index in [1.165, 1.54) is 109 Å². The molecule has 56 heavy (non-hydrogen) atoms. The van der Waals surface area contributed by atoms with E-state index in [9.17, 15) is 19.0 Å². The lowest BCUT2D eigenvalue weighted by atomic mass is 10.0. The Morgan fingerprint density at radius 3 is 1.38 bits per heavy atom. The molecule has 0 radical (unpaired) electrons. The van der Waals surface area contributed by atoms with Crippen molar-refractivity contribution < 1.29 is 42.1 Å². The van der Waals surface area contributed by atoms with E-state index in [4.69, 9.17) is 18.5 Å². The monoisotopic (exact) mass is 814 g/mol. The lowest BCUT2D eigenvalue weighted by Gasteiger charge is -2.28. The summed E-state index contributed by atoms with van der Waals surface area (Å²) in [4.78, 5) is 37.5. The van der Waals surface area contributed by atoms with E-state index in [2.05, 4.69) is 38.2 Å². The van der Waals surface area contributed by atoms with Crippen LogP contribution in [0.4, 0.5) is 0 Å². The Morgan fingerprint density at radius 1 is 0.536 bits per heavy atom. The highest BCUT2D eigenvalue weighted by Gasteiger charge is 2.21. The summed E-state index contributed by atoms with van der Waals surface area (Å²) in [5.41, 5.74) is 0. The third-order valence-corrected chi connectivity index (χ3v) is 10.9. The normalized spacial score (nSPS) is 13.8. The van der Waals surface area contributed by atoms with Crippen molar-refractivity contribution in [3.63, 3.8) is 0 Å². The summed E-state index contributed by atoms with van der Waals surface area (Å²) in [5.74, 6) is -0.842. The molecule has 0 aromatic rings. The molecule has 0 spiro atoms. The van der Waals surface area contributed by atoms with Crippen LogP contribution in [0.25, 0.3) is 0 Å². The van der Waals surface area contributed by atoms with Gasteiger partial charge in [-0.1, -0.05) is 160 Å². The van der Waals surface area contributed by atoms with Crippen LogP contribution in [0.1, 0.15) is 206 Å². The van der Waals surface area contributed by atoms with Gasteiger partial charge in [-0.15, -0.1) is 0 Å². The minimum absolute atomic E-state index is 0.0309. The fourth-order valence-corrected chi connectivity index (χ4v) is 7.01.